The largest absolute Gasteiger partial charge is 0.388 e. The van der Waals surface area contributed by atoms with E-state index in [4.69, 9.17) is 0 Å². The zero-order chi connectivity index (χ0) is 14.5. The lowest BCUT2D eigenvalue weighted by atomic mass is 10.0. The van der Waals surface area contributed by atoms with Crippen molar-refractivity contribution in [1.82, 2.24) is 9.80 Å². The minimum atomic E-state index is -0.861. The van der Waals surface area contributed by atoms with Gasteiger partial charge in [0, 0.05) is 20.6 Å². The maximum atomic E-state index is 12.2. The Labute approximate surface area is 115 Å². The molecule has 4 nitrogen and oxygen atoms in total. The molecule has 0 spiro atoms. The van der Waals surface area contributed by atoms with E-state index in [0.29, 0.717) is 19.5 Å². The summed E-state index contributed by atoms with van der Waals surface area (Å²) in [4.78, 5) is 15.4. The molecule has 1 atom stereocenters. The fourth-order valence-electron chi connectivity index (χ4n) is 1.80. The number of urea groups is 1. The molecule has 0 fully saturated rings. The first-order chi connectivity index (χ1) is 8.85. The second-order valence-corrected chi connectivity index (χ2v) is 5.37. The Hall–Kier alpha value is -1.55. The molecular weight excluding hydrogens is 240 g/mol. The lowest BCUT2D eigenvalue weighted by Crippen LogP contribution is -2.46. The van der Waals surface area contributed by atoms with Crippen LogP contribution in [0.15, 0.2) is 30.3 Å². The Morgan fingerprint density at radius 2 is 1.84 bits per heavy atom. The molecule has 1 aromatic carbocycles. The van der Waals surface area contributed by atoms with Crippen LogP contribution in [0, 0.1) is 0 Å². The van der Waals surface area contributed by atoms with Crippen LogP contribution in [0.1, 0.15) is 25.8 Å². The normalized spacial score (nSPS) is 13.7. The van der Waals surface area contributed by atoms with Crippen LogP contribution < -0.4 is 0 Å². The molecule has 1 rings (SSSR count). The van der Waals surface area contributed by atoms with Gasteiger partial charge in [0.25, 0.3) is 0 Å². The number of aliphatic hydroxyl groups is 1. The Balaban J connectivity index is 2.84. The van der Waals surface area contributed by atoms with E-state index >= 15 is 0 Å². The molecule has 4 heteroatoms. The monoisotopic (exact) mass is 264 g/mol. The zero-order valence-electron chi connectivity index (χ0n) is 12.3. The van der Waals surface area contributed by atoms with Gasteiger partial charge in [-0.05, 0) is 18.9 Å². The van der Waals surface area contributed by atoms with E-state index < -0.39 is 5.60 Å². The highest BCUT2D eigenvalue weighted by atomic mass is 16.3. The first-order valence-electron chi connectivity index (χ1n) is 6.58. The Morgan fingerprint density at radius 3 is 2.32 bits per heavy atom. The van der Waals surface area contributed by atoms with Crippen molar-refractivity contribution < 1.29 is 9.90 Å². The van der Waals surface area contributed by atoms with Crippen molar-refractivity contribution in [3.05, 3.63) is 35.9 Å². The average Bonchev–Trinajstić information content (AvgIpc) is 2.38. The van der Waals surface area contributed by atoms with Crippen LogP contribution in [-0.2, 0) is 6.54 Å². The molecule has 0 aliphatic carbocycles. The third kappa shape index (κ3) is 4.91. The van der Waals surface area contributed by atoms with E-state index in [0.717, 1.165) is 5.56 Å². The molecule has 0 bridgehead atoms. The summed E-state index contributed by atoms with van der Waals surface area (Å²) in [6, 6.07) is 9.73. The Morgan fingerprint density at radius 1 is 1.26 bits per heavy atom. The smallest absolute Gasteiger partial charge is 0.319 e. The van der Waals surface area contributed by atoms with Gasteiger partial charge >= 0.3 is 6.03 Å². The fraction of sp³-hybridized carbons (Fsp3) is 0.533. The first kappa shape index (κ1) is 15.5. The number of rotatable bonds is 5. The van der Waals surface area contributed by atoms with Gasteiger partial charge in [0.05, 0.1) is 12.1 Å². The van der Waals surface area contributed by atoms with Crippen molar-refractivity contribution in [2.75, 3.05) is 20.6 Å². The number of hydrogen-bond acceptors (Lipinski definition) is 2. The summed E-state index contributed by atoms with van der Waals surface area (Å²) in [7, 11) is 3.45. The highest BCUT2D eigenvalue weighted by Gasteiger charge is 2.26. The van der Waals surface area contributed by atoms with Crippen LogP contribution in [0.4, 0.5) is 4.79 Å². The first-order valence-corrected chi connectivity index (χ1v) is 6.58. The van der Waals surface area contributed by atoms with Crippen molar-refractivity contribution in [3.8, 4) is 0 Å². The van der Waals surface area contributed by atoms with Crippen molar-refractivity contribution >= 4 is 6.03 Å². The fourth-order valence-corrected chi connectivity index (χ4v) is 1.80. The molecule has 0 saturated heterocycles. The summed E-state index contributed by atoms with van der Waals surface area (Å²) in [5.74, 6) is 0. The molecule has 0 aliphatic heterocycles. The van der Waals surface area contributed by atoms with Crippen molar-refractivity contribution in [1.29, 1.82) is 0 Å². The second-order valence-electron chi connectivity index (χ2n) is 5.37. The van der Waals surface area contributed by atoms with Crippen LogP contribution >= 0.6 is 0 Å². The summed E-state index contributed by atoms with van der Waals surface area (Å²) in [6.45, 7) is 4.51. The summed E-state index contributed by atoms with van der Waals surface area (Å²) in [5, 5.41) is 10.2. The maximum absolute atomic E-state index is 12.2. The van der Waals surface area contributed by atoms with E-state index in [1.54, 1.807) is 25.9 Å². The van der Waals surface area contributed by atoms with E-state index in [9.17, 15) is 9.90 Å². The van der Waals surface area contributed by atoms with Gasteiger partial charge in [0.1, 0.15) is 0 Å². The van der Waals surface area contributed by atoms with Crippen LogP contribution in [0.3, 0.4) is 0 Å². The molecule has 0 aliphatic rings. The molecule has 0 unspecified atom stereocenters. The summed E-state index contributed by atoms with van der Waals surface area (Å²) in [5.41, 5.74) is 0.199. The zero-order valence-corrected chi connectivity index (χ0v) is 12.3. The third-order valence-electron chi connectivity index (χ3n) is 3.16. The molecule has 1 N–H and O–H groups in total. The molecular formula is C15H24N2O2. The van der Waals surface area contributed by atoms with Crippen LogP contribution in [0.5, 0.6) is 0 Å². The van der Waals surface area contributed by atoms with E-state index in [1.165, 1.54) is 4.90 Å². The van der Waals surface area contributed by atoms with Gasteiger partial charge in [-0.25, -0.2) is 4.79 Å². The molecule has 0 saturated carbocycles. The van der Waals surface area contributed by atoms with E-state index in [-0.39, 0.29) is 6.03 Å². The van der Waals surface area contributed by atoms with Crippen LogP contribution in [0.25, 0.3) is 0 Å². The molecule has 19 heavy (non-hydrogen) atoms. The highest BCUT2D eigenvalue weighted by Crippen LogP contribution is 2.15. The van der Waals surface area contributed by atoms with Crippen molar-refractivity contribution in [2.24, 2.45) is 0 Å². The highest BCUT2D eigenvalue weighted by molar-refractivity contribution is 5.73. The molecule has 2 amide bonds. The predicted octanol–water partition coefficient (Wildman–Crippen LogP) is 2.33. The summed E-state index contributed by atoms with van der Waals surface area (Å²) < 4.78 is 0. The van der Waals surface area contributed by atoms with Gasteiger partial charge in [-0.2, -0.15) is 0 Å². The maximum Gasteiger partial charge on any atom is 0.319 e. The number of benzene rings is 1. The van der Waals surface area contributed by atoms with Gasteiger partial charge < -0.3 is 14.9 Å². The standard InChI is InChI=1S/C15H24N2O2/c1-5-15(2,19)12-17(14(18)16(3)4)11-13-9-7-6-8-10-13/h6-10,19H,5,11-12H2,1-4H3/t15-/m0/s1. The quantitative estimate of drug-likeness (QED) is 0.887. The predicted molar refractivity (Wildman–Crippen MR) is 76.8 cm³/mol. The van der Waals surface area contributed by atoms with E-state index in [1.807, 2.05) is 37.3 Å². The Bertz CT molecular complexity index is 402. The number of carbonyl (C=O) groups is 1. The van der Waals surface area contributed by atoms with Gasteiger partial charge in [0.2, 0.25) is 0 Å². The second kappa shape index (κ2) is 6.57. The minimum absolute atomic E-state index is 0.0856. The van der Waals surface area contributed by atoms with Crippen molar-refractivity contribution in [2.45, 2.75) is 32.4 Å². The van der Waals surface area contributed by atoms with Gasteiger partial charge in [-0.1, -0.05) is 37.3 Å². The topological polar surface area (TPSA) is 43.8 Å². The number of amides is 2. The molecule has 0 aromatic heterocycles. The molecule has 0 heterocycles. The minimum Gasteiger partial charge on any atom is -0.388 e. The lowest BCUT2D eigenvalue weighted by Gasteiger charge is -2.32. The number of carbonyl (C=O) groups excluding carboxylic acids is 1. The van der Waals surface area contributed by atoms with Crippen LogP contribution in [-0.4, -0.2) is 47.2 Å². The van der Waals surface area contributed by atoms with Gasteiger partial charge in [-0.15, -0.1) is 0 Å². The lowest BCUT2D eigenvalue weighted by molar-refractivity contribution is 0.0212. The summed E-state index contributed by atoms with van der Waals surface area (Å²) >= 11 is 0. The number of hydrogen-bond donors (Lipinski definition) is 1. The SMILES string of the molecule is CC[C@](C)(O)CN(Cc1ccccc1)C(=O)N(C)C. The summed E-state index contributed by atoms with van der Waals surface area (Å²) in [6.07, 6.45) is 0.610. The van der Waals surface area contributed by atoms with Crippen molar-refractivity contribution in [3.63, 3.8) is 0 Å². The van der Waals surface area contributed by atoms with Gasteiger partial charge in [-0.3, -0.25) is 0 Å². The van der Waals surface area contributed by atoms with E-state index in [2.05, 4.69) is 0 Å². The average molecular weight is 264 g/mol. The molecule has 0 radical (unpaired) electrons. The molecule has 106 valence electrons. The third-order valence-corrected chi connectivity index (χ3v) is 3.16. The van der Waals surface area contributed by atoms with Crippen LogP contribution in [0.2, 0.25) is 0 Å². The Kier molecular flexibility index (Phi) is 5.36. The number of nitrogens with zero attached hydrogens (tertiary/aromatic N) is 2. The molecule has 1 aromatic rings. The van der Waals surface area contributed by atoms with Gasteiger partial charge in [0.15, 0.2) is 0 Å².